The van der Waals surface area contributed by atoms with Gasteiger partial charge in [0.25, 0.3) is 0 Å². The standard InChI is InChI=1S/C16H33N/c1-4-5-6-8-11-15(2)17-14-16(3)12-9-7-10-13-16/h15,17H,4-14H2,1-3H3. The Kier molecular flexibility index (Phi) is 7.18. The maximum Gasteiger partial charge on any atom is 0.00389 e. The van der Waals surface area contributed by atoms with Gasteiger partial charge in [-0.1, -0.05) is 58.8 Å². The van der Waals surface area contributed by atoms with Gasteiger partial charge in [0.1, 0.15) is 0 Å². The van der Waals surface area contributed by atoms with Gasteiger partial charge in [-0.15, -0.1) is 0 Å². The molecule has 1 unspecified atom stereocenters. The molecule has 1 fully saturated rings. The molecule has 0 heterocycles. The van der Waals surface area contributed by atoms with Crippen molar-refractivity contribution in [1.29, 1.82) is 0 Å². The largest absolute Gasteiger partial charge is 0.314 e. The van der Waals surface area contributed by atoms with E-state index in [0.29, 0.717) is 11.5 Å². The van der Waals surface area contributed by atoms with Crippen molar-refractivity contribution in [2.24, 2.45) is 5.41 Å². The highest BCUT2D eigenvalue weighted by Crippen LogP contribution is 2.35. The number of unbranched alkanes of at least 4 members (excludes halogenated alkanes) is 3. The smallest absolute Gasteiger partial charge is 0.00389 e. The van der Waals surface area contributed by atoms with E-state index in [-0.39, 0.29) is 0 Å². The van der Waals surface area contributed by atoms with Crippen molar-refractivity contribution >= 4 is 0 Å². The normalized spacial score (nSPS) is 21.4. The van der Waals surface area contributed by atoms with Gasteiger partial charge in [0.2, 0.25) is 0 Å². The lowest BCUT2D eigenvalue weighted by atomic mass is 9.75. The summed E-state index contributed by atoms with van der Waals surface area (Å²) >= 11 is 0. The van der Waals surface area contributed by atoms with Gasteiger partial charge in [-0.25, -0.2) is 0 Å². The van der Waals surface area contributed by atoms with E-state index in [1.807, 2.05) is 0 Å². The molecule has 1 N–H and O–H groups in total. The van der Waals surface area contributed by atoms with Crippen LogP contribution >= 0.6 is 0 Å². The molecule has 0 spiro atoms. The van der Waals surface area contributed by atoms with Crippen LogP contribution in [0.3, 0.4) is 0 Å². The molecule has 1 rings (SSSR count). The summed E-state index contributed by atoms with van der Waals surface area (Å²) in [6.07, 6.45) is 14.2. The van der Waals surface area contributed by atoms with Crippen LogP contribution in [0.25, 0.3) is 0 Å². The average molecular weight is 239 g/mol. The SMILES string of the molecule is CCCCCCC(C)NCC1(C)CCCCC1. The van der Waals surface area contributed by atoms with E-state index >= 15 is 0 Å². The minimum atomic E-state index is 0.593. The molecular weight excluding hydrogens is 206 g/mol. The van der Waals surface area contributed by atoms with Crippen LogP contribution in [0.5, 0.6) is 0 Å². The molecule has 102 valence electrons. The first-order chi connectivity index (χ1) is 8.16. The lowest BCUT2D eigenvalue weighted by Gasteiger charge is -2.35. The van der Waals surface area contributed by atoms with Crippen molar-refractivity contribution in [1.82, 2.24) is 5.32 Å². The zero-order chi connectivity index (χ0) is 12.6. The van der Waals surface area contributed by atoms with Crippen LogP contribution in [0.2, 0.25) is 0 Å². The van der Waals surface area contributed by atoms with Crippen molar-refractivity contribution < 1.29 is 0 Å². The van der Waals surface area contributed by atoms with Gasteiger partial charge in [0, 0.05) is 12.6 Å². The number of hydrogen-bond donors (Lipinski definition) is 1. The highest BCUT2D eigenvalue weighted by atomic mass is 14.9. The summed E-state index contributed by atoms with van der Waals surface area (Å²) in [5, 5.41) is 3.77. The Bertz CT molecular complexity index is 182. The van der Waals surface area contributed by atoms with E-state index in [9.17, 15) is 0 Å². The third-order valence-corrected chi connectivity index (χ3v) is 4.43. The van der Waals surface area contributed by atoms with Crippen molar-refractivity contribution in [3.8, 4) is 0 Å². The lowest BCUT2D eigenvalue weighted by Crippen LogP contribution is -2.38. The maximum atomic E-state index is 3.77. The molecule has 0 aromatic heterocycles. The summed E-state index contributed by atoms with van der Waals surface area (Å²) in [5.41, 5.74) is 0.593. The van der Waals surface area contributed by atoms with Gasteiger partial charge in [0.15, 0.2) is 0 Å². The molecule has 1 aliphatic rings. The number of nitrogens with one attached hydrogen (secondary N) is 1. The van der Waals surface area contributed by atoms with Crippen LogP contribution in [0.15, 0.2) is 0 Å². The van der Waals surface area contributed by atoms with Crippen molar-refractivity contribution in [3.05, 3.63) is 0 Å². The van der Waals surface area contributed by atoms with Crippen LogP contribution in [-0.2, 0) is 0 Å². The summed E-state index contributed by atoms with van der Waals surface area (Å²) in [7, 11) is 0. The molecule has 0 bridgehead atoms. The first-order valence-electron chi connectivity index (χ1n) is 7.90. The van der Waals surface area contributed by atoms with E-state index in [1.54, 1.807) is 0 Å². The Hall–Kier alpha value is -0.0400. The van der Waals surface area contributed by atoms with Crippen LogP contribution in [0, 0.1) is 5.41 Å². The van der Waals surface area contributed by atoms with Crippen LogP contribution in [0.4, 0.5) is 0 Å². The fourth-order valence-electron chi connectivity index (χ4n) is 2.98. The van der Waals surface area contributed by atoms with Crippen molar-refractivity contribution in [3.63, 3.8) is 0 Å². The molecule has 17 heavy (non-hydrogen) atoms. The Labute approximate surface area is 109 Å². The summed E-state index contributed by atoms with van der Waals surface area (Å²) in [4.78, 5) is 0. The van der Waals surface area contributed by atoms with Gasteiger partial charge < -0.3 is 5.32 Å². The quantitative estimate of drug-likeness (QED) is 0.594. The predicted molar refractivity (Wildman–Crippen MR) is 77.4 cm³/mol. The summed E-state index contributed by atoms with van der Waals surface area (Å²) in [5.74, 6) is 0. The average Bonchev–Trinajstić information content (AvgIpc) is 2.33. The van der Waals surface area contributed by atoms with E-state index < -0.39 is 0 Å². The van der Waals surface area contributed by atoms with Gasteiger partial charge in [-0.3, -0.25) is 0 Å². The molecule has 1 atom stereocenters. The van der Waals surface area contributed by atoms with Gasteiger partial charge >= 0.3 is 0 Å². The zero-order valence-corrected chi connectivity index (χ0v) is 12.4. The molecule has 1 heteroatoms. The third-order valence-electron chi connectivity index (χ3n) is 4.43. The van der Waals surface area contributed by atoms with Gasteiger partial charge in [0.05, 0.1) is 0 Å². The third kappa shape index (κ3) is 6.45. The molecule has 0 amide bonds. The van der Waals surface area contributed by atoms with E-state index in [2.05, 4.69) is 26.1 Å². The minimum absolute atomic E-state index is 0.593. The molecule has 0 aromatic rings. The fraction of sp³-hybridized carbons (Fsp3) is 1.00. The lowest BCUT2D eigenvalue weighted by molar-refractivity contribution is 0.200. The fourth-order valence-corrected chi connectivity index (χ4v) is 2.98. The van der Waals surface area contributed by atoms with E-state index in [1.165, 1.54) is 70.8 Å². The number of hydrogen-bond acceptors (Lipinski definition) is 1. The van der Waals surface area contributed by atoms with E-state index in [0.717, 1.165) is 0 Å². The maximum absolute atomic E-state index is 3.77. The molecule has 1 nitrogen and oxygen atoms in total. The monoisotopic (exact) mass is 239 g/mol. The molecule has 1 saturated carbocycles. The topological polar surface area (TPSA) is 12.0 Å². The second kappa shape index (κ2) is 8.13. The Morgan fingerprint density at radius 3 is 2.41 bits per heavy atom. The van der Waals surface area contributed by atoms with Crippen LogP contribution in [-0.4, -0.2) is 12.6 Å². The van der Waals surface area contributed by atoms with Gasteiger partial charge in [-0.2, -0.15) is 0 Å². The Morgan fingerprint density at radius 1 is 1.06 bits per heavy atom. The molecule has 1 aliphatic carbocycles. The highest BCUT2D eigenvalue weighted by Gasteiger charge is 2.26. The highest BCUT2D eigenvalue weighted by molar-refractivity contribution is 4.81. The summed E-state index contributed by atoms with van der Waals surface area (Å²) in [6, 6.07) is 0.714. The number of rotatable bonds is 8. The Balaban J connectivity index is 2.07. The van der Waals surface area contributed by atoms with Gasteiger partial charge in [-0.05, 0) is 31.6 Å². The van der Waals surface area contributed by atoms with Crippen LogP contribution in [0.1, 0.15) is 85.0 Å². The molecule has 0 aliphatic heterocycles. The van der Waals surface area contributed by atoms with E-state index in [4.69, 9.17) is 0 Å². The minimum Gasteiger partial charge on any atom is -0.314 e. The first-order valence-corrected chi connectivity index (χ1v) is 7.90. The Morgan fingerprint density at radius 2 is 1.76 bits per heavy atom. The van der Waals surface area contributed by atoms with Crippen molar-refractivity contribution in [2.45, 2.75) is 91.0 Å². The first kappa shape index (κ1) is 15.0. The second-order valence-electron chi connectivity index (χ2n) is 6.50. The summed E-state index contributed by atoms with van der Waals surface area (Å²) < 4.78 is 0. The molecule has 0 saturated heterocycles. The second-order valence-corrected chi connectivity index (χ2v) is 6.50. The summed E-state index contributed by atoms with van der Waals surface area (Å²) in [6.45, 7) is 8.36. The molecular formula is C16H33N. The van der Waals surface area contributed by atoms with Crippen molar-refractivity contribution in [2.75, 3.05) is 6.54 Å². The molecule has 0 aromatic carbocycles. The molecule has 0 radical (unpaired) electrons. The van der Waals surface area contributed by atoms with Crippen LogP contribution < -0.4 is 5.32 Å². The zero-order valence-electron chi connectivity index (χ0n) is 12.4. The predicted octanol–water partition coefficient (Wildman–Crippen LogP) is 4.91.